The first kappa shape index (κ1) is 11.9. The molecule has 3 heterocycles. The lowest BCUT2D eigenvalue weighted by Gasteiger charge is -2.33. The number of rotatable bonds is 3. The number of likely N-dealkylation sites (N-methyl/N-ethyl adjacent to an activating group) is 1. The standard InChI is InChI=1S/C13H26N4/c1-15-4-6-16(7-5-15)8-9-17-10-12-2-3-14-13(12)11-17/h12-14H,2-11H2,1H3/t12-,13+/m0/s1. The minimum atomic E-state index is 0.808. The fourth-order valence-corrected chi connectivity index (χ4v) is 3.48. The molecule has 0 aromatic carbocycles. The van der Waals surface area contributed by atoms with Crippen LogP contribution in [-0.4, -0.2) is 86.7 Å². The van der Waals surface area contributed by atoms with Crippen LogP contribution in [0.3, 0.4) is 0 Å². The molecule has 3 saturated heterocycles. The van der Waals surface area contributed by atoms with Gasteiger partial charge in [-0.1, -0.05) is 0 Å². The van der Waals surface area contributed by atoms with Crippen LogP contribution in [0.1, 0.15) is 6.42 Å². The number of hydrogen-bond acceptors (Lipinski definition) is 4. The highest BCUT2D eigenvalue weighted by Crippen LogP contribution is 2.24. The molecule has 4 nitrogen and oxygen atoms in total. The van der Waals surface area contributed by atoms with Gasteiger partial charge in [-0.05, 0) is 25.9 Å². The van der Waals surface area contributed by atoms with Gasteiger partial charge in [-0.2, -0.15) is 0 Å². The highest BCUT2D eigenvalue weighted by Gasteiger charge is 2.35. The highest BCUT2D eigenvalue weighted by atomic mass is 15.3. The summed E-state index contributed by atoms with van der Waals surface area (Å²) in [6.07, 6.45) is 1.40. The first-order valence-corrected chi connectivity index (χ1v) is 7.18. The minimum absolute atomic E-state index is 0.808. The maximum atomic E-state index is 3.63. The smallest absolute Gasteiger partial charge is 0.0235 e. The molecule has 2 atom stereocenters. The molecule has 98 valence electrons. The van der Waals surface area contributed by atoms with Gasteiger partial charge in [0.2, 0.25) is 0 Å². The SMILES string of the molecule is CN1CCN(CCN2C[C@@H]3CCN[C@@H]3C2)CC1. The first-order valence-electron chi connectivity index (χ1n) is 7.18. The van der Waals surface area contributed by atoms with E-state index in [4.69, 9.17) is 0 Å². The Morgan fingerprint density at radius 2 is 1.76 bits per heavy atom. The average Bonchev–Trinajstić information content (AvgIpc) is 2.88. The lowest BCUT2D eigenvalue weighted by molar-refractivity contribution is 0.139. The number of likely N-dealkylation sites (tertiary alicyclic amines) is 1. The Labute approximate surface area is 105 Å². The van der Waals surface area contributed by atoms with Crippen LogP contribution in [0.5, 0.6) is 0 Å². The van der Waals surface area contributed by atoms with E-state index in [-0.39, 0.29) is 0 Å². The van der Waals surface area contributed by atoms with Crippen molar-refractivity contribution in [2.24, 2.45) is 5.92 Å². The zero-order valence-corrected chi connectivity index (χ0v) is 11.1. The molecule has 3 rings (SSSR count). The Balaban J connectivity index is 1.37. The van der Waals surface area contributed by atoms with E-state index in [1.54, 1.807) is 0 Å². The molecular formula is C13H26N4. The summed E-state index contributed by atoms with van der Waals surface area (Å²) in [5.74, 6) is 0.947. The molecule has 17 heavy (non-hydrogen) atoms. The van der Waals surface area contributed by atoms with Crippen molar-refractivity contribution < 1.29 is 0 Å². The van der Waals surface area contributed by atoms with Crippen LogP contribution >= 0.6 is 0 Å². The van der Waals surface area contributed by atoms with Crippen LogP contribution in [0, 0.1) is 5.92 Å². The number of piperazine rings is 1. The van der Waals surface area contributed by atoms with E-state index in [1.807, 2.05) is 0 Å². The second-order valence-corrected chi connectivity index (χ2v) is 6.01. The van der Waals surface area contributed by atoms with E-state index in [0.717, 1.165) is 12.0 Å². The Hall–Kier alpha value is -0.160. The third kappa shape index (κ3) is 2.81. The van der Waals surface area contributed by atoms with Crippen LogP contribution < -0.4 is 5.32 Å². The Bertz CT molecular complexity index is 238. The lowest BCUT2D eigenvalue weighted by Crippen LogP contribution is -2.47. The molecule has 0 unspecified atom stereocenters. The molecule has 4 heteroatoms. The summed E-state index contributed by atoms with van der Waals surface area (Å²) < 4.78 is 0. The number of fused-ring (bicyclic) bond motifs is 1. The summed E-state index contributed by atoms with van der Waals surface area (Å²) in [6, 6.07) is 0.808. The Morgan fingerprint density at radius 3 is 2.53 bits per heavy atom. The minimum Gasteiger partial charge on any atom is -0.312 e. The van der Waals surface area contributed by atoms with E-state index < -0.39 is 0 Å². The Morgan fingerprint density at radius 1 is 1.00 bits per heavy atom. The Kier molecular flexibility index (Phi) is 3.66. The van der Waals surface area contributed by atoms with Gasteiger partial charge in [0.15, 0.2) is 0 Å². The average molecular weight is 238 g/mol. The van der Waals surface area contributed by atoms with Gasteiger partial charge in [0.05, 0.1) is 0 Å². The van der Waals surface area contributed by atoms with Crippen molar-refractivity contribution in [1.82, 2.24) is 20.0 Å². The van der Waals surface area contributed by atoms with Gasteiger partial charge in [0, 0.05) is 58.4 Å². The molecule has 0 aromatic heterocycles. The largest absolute Gasteiger partial charge is 0.312 e. The van der Waals surface area contributed by atoms with Crippen molar-refractivity contribution in [3.05, 3.63) is 0 Å². The van der Waals surface area contributed by atoms with Crippen molar-refractivity contribution in [3.63, 3.8) is 0 Å². The molecule has 3 aliphatic heterocycles. The third-order valence-electron chi connectivity index (χ3n) is 4.77. The van der Waals surface area contributed by atoms with Crippen LogP contribution in [0.25, 0.3) is 0 Å². The number of nitrogens with one attached hydrogen (secondary N) is 1. The lowest BCUT2D eigenvalue weighted by atomic mass is 10.1. The summed E-state index contributed by atoms with van der Waals surface area (Å²) >= 11 is 0. The first-order chi connectivity index (χ1) is 8.31. The zero-order valence-electron chi connectivity index (χ0n) is 11.1. The van der Waals surface area contributed by atoms with Gasteiger partial charge in [-0.15, -0.1) is 0 Å². The van der Waals surface area contributed by atoms with Crippen LogP contribution in [0.4, 0.5) is 0 Å². The van der Waals surface area contributed by atoms with Crippen LogP contribution in [0.15, 0.2) is 0 Å². The number of nitrogens with zero attached hydrogens (tertiary/aromatic N) is 3. The van der Waals surface area contributed by atoms with Gasteiger partial charge in [-0.3, -0.25) is 4.90 Å². The van der Waals surface area contributed by atoms with E-state index in [0.29, 0.717) is 0 Å². The van der Waals surface area contributed by atoms with E-state index in [9.17, 15) is 0 Å². The third-order valence-corrected chi connectivity index (χ3v) is 4.77. The van der Waals surface area contributed by atoms with Crippen molar-refractivity contribution >= 4 is 0 Å². The molecule has 0 radical (unpaired) electrons. The molecule has 0 amide bonds. The topological polar surface area (TPSA) is 21.8 Å². The summed E-state index contributed by atoms with van der Waals surface area (Å²) in [7, 11) is 2.23. The summed E-state index contributed by atoms with van der Waals surface area (Å²) in [4.78, 5) is 7.72. The van der Waals surface area contributed by atoms with Crippen LogP contribution in [0.2, 0.25) is 0 Å². The van der Waals surface area contributed by atoms with Gasteiger partial charge < -0.3 is 15.1 Å². The predicted octanol–water partition coefficient (Wildman–Crippen LogP) is -0.472. The molecule has 0 spiro atoms. The van der Waals surface area contributed by atoms with Crippen molar-refractivity contribution in [1.29, 1.82) is 0 Å². The maximum Gasteiger partial charge on any atom is 0.0235 e. The van der Waals surface area contributed by atoms with Gasteiger partial charge >= 0.3 is 0 Å². The van der Waals surface area contributed by atoms with Gasteiger partial charge in [0.1, 0.15) is 0 Å². The summed E-state index contributed by atoms with van der Waals surface area (Å²) in [5, 5.41) is 3.63. The summed E-state index contributed by atoms with van der Waals surface area (Å²) in [6.45, 7) is 11.4. The second kappa shape index (κ2) is 5.22. The van der Waals surface area contributed by atoms with Gasteiger partial charge in [0.25, 0.3) is 0 Å². The molecule has 0 bridgehead atoms. The van der Waals surface area contributed by atoms with E-state index >= 15 is 0 Å². The molecule has 3 aliphatic rings. The molecular weight excluding hydrogens is 212 g/mol. The predicted molar refractivity (Wildman–Crippen MR) is 70.3 cm³/mol. The second-order valence-electron chi connectivity index (χ2n) is 6.01. The fourth-order valence-electron chi connectivity index (χ4n) is 3.48. The quantitative estimate of drug-likeness (QED) is 0.717. The summed E-state index contributed by atoms with van der Waals surface area (Å²) in [5.41, 5.74) is 0. The molecule has 0 aromatic rings. The monoisotopic (exact) mass is 238 g/mol. The zero-order chi connectivity index (χ0) is 11.7. The van der Waals surface area contributed by atoms with Gasteiger partial charge in [-0.25, -0.2) is 0 Å². The van der Waals surface area contributed by atoms with Crippen molar-refractivity contribution in [3.8, 4) is 0 Å². The maximum absolute atomic E-state index is 3.63. The molecule has 1 N–H and O–H groups in total. The van der Waals surface area contributed by atoms with Crippen molar-refractivity contribution in [2.45, 2.75) is 12.5 Å². The van der Waals surface area contributed by atoms with E-state index in [1.165, 1.54) is 65.3 Å². The van der Waals surface area contributed by atoms with Crippen molar-refractivity contribution in [2.75, 3.05) is 66.0 Å². The highest BCUT2D eigenvalue weighted by molar-refractivity contribution is 4.93. The van der Waals surface area contributed by atoms with Crippen LogP contribution in [-0.2, 0) is 0 Å². The number of hydrogen-bond donors (Lipinski definition) is 1. The molecule has 3 fully saturated rings. The molecule has 0 saturated carbocycles. The fraction of sp³-hybridized carbons (Fsp3) is 1.00. The van der Waals surface area contributed by atoms with E-state index in [2.05, 4.69) is 27.1 Å². The normalized spacial score (nSPS) is 36.5. The molecule has 0 aliphatic carbocycles.